The summed E-state index contributed by atoms with van der Waals surface area (Å²) in [5.74, 6) is 0.392. The maximum atomic E-state index is 13.2. The Morgan fingerprint density at radius 3 is 2.19 bits per heavy atom. The predicted octanol–water partition coefficient (Wildman–Crippen LogP) is 6.68. The fourth-order valence-electron chi connectivity index (χ4n) is 5.62. The molecule has 0 radical (unpaired) electrons. The normalized spacial score (nSPS) is 14.6. The molecule has 1 aliphatic rings. The second-order valence-electron chi connectivity index (χ2n) is 11.9. The Labute approximate surface area is 274 Å². The third kappa shape index (κ3) is 6.96. The summed E-state index contributed by atoms with van der Waals surface area (Å²) in [7, 11) is 1.65. The predicted molar refractivity (Wildman–Crippen MR) is 175 cm³/mol. The van der Waals surface area contributed by atoms with E-state index in [1.165, 1.54) is 16.9 Å². The number of alkyl halides is 3. The molecule has 3 aromatic carbocycles. The third-order valence-electron chi connectivity index (χ3n) is 8.54. The molecule has 0 spiro atoms. The smallest absolute Gasteiger partial charge is 0.416 e. The molecular weight excluding hydrogens is 629 g/mol. The first-order valence-corrected chi connectivity index (χ1v) is 16.1. The number of halogens is 3. The molecule has 5 aromatic rings. The Bertz CT molecular complexity index is 1860. The standard InChI is InChI=1S/C34H35F3N6O3S/c1-33(2,32(44)45)42-15-14-23-20-28(12-13-31(23)42)47-22-30-29(38-43(39-30)26-6-4-24(5-7-26)34(35,36)37)21-40-16-18-41(19-17-40)25-8-10-27(46-3)11-9-25/h4-15,20H,16-19,21-22H2,1-3H3,(H,44,45). The molecule has 1 fully saturated rings. The molecule has 6 rings (SSSR count). The van der Waals surface area contributed by atoms with Crippen molar-refractivity contribution >= 4 is 34.3 Å². The molecule has 13 heteroatoms. The van der Waals surface area contributed by atoms with E-state index >= 15 is 0 Å². The van der Waals surface area contributed by atoms with E-state index in [0.29, 0.717) is 18.0 Å². The highest BCUT2D eigenvalue weighted by molar-refractivity contribution is 7.98. The topological polar surface area (TPSA) is 88.7 Å². The van der Waals surface area contributed by atoms with Gasteiger partial charge in [-0.05, 0) is 86.6 Å². The van der Waals surface area contributed by atoms with E-state index in [1.807, 2.05) is 36.4 Å². The minimum absolute atomic E-state index is 0.448. The monoisotopic (exact) mass is 664 g/mol. The van der Waals surface area contributed by atoms with Crippen molar-refractivity contribution in [3.05, 3.63) is 95.9 Å². The molecular formula is C34H35F3N6O3S. The summed E-state index contributed by atoms with van der Waals surface area (Å²) in [6.07, 6.45) is -2.64. The van der Waals surface area contributed by atoms with Crippen molar-refractivity contribution in [3.8, 4) is 11.4 Å². The number of benzene rings is 3. The van der Waals surface area contributed by atoms with E-state index in [2.05, 4.69) is 21.9 Å². The molecule has 1 N–H and O–H groups in total. The fourth-order valence-corrected chi connectivity index (χ4v) is 6.52. The minimum atomic E-state index is -4.43. The van der Waals surface area contributed by atoms with Gasteiger partial charge in [0.1, 0.15) is 17.0 Å². The molecule has 0 bridgehead atoms. The van der Waals surface area contributed by atoms with Gasteiger partial charge in [0.2, 0.25) is 0 Å². The molecule has 0 saturated carbocycles. The lowest BCUT2D eigenvalue weighted by molar-refractivity contribution is -0.145. The van der Waals surface area contributed by atoms with Gasteiger partial charge in [-0.1, -0.05) is 0 Å². The van der Waals surface area contributed by atoms with E-state index in [-0.39, 0.29) is 0 Å². The summed E-state index contributed by atoms with van der Waals surface area (Å²) in [6.45, 7) is 7.18. The van der Waals surface area contributed by atoms with Gasteiger partial charge in [0.05, 0.1) is 24.1 Å². The van der Waals surface area contributed by atoms with Crippen LogP contribution in [-0.4, -0.2) is 68.8 Å². The Morgan fingerprint density at radius 2 is 1.55 bits per heavy atom. The fraction of sp³-hybridized carbons (Fsp3) is 0.324. The molecule has 0 unspecified atom stereocenters. The molecule has 246 valence electrons. The molecule has 47 heavy (non-hydrogen) atoms. The highest BCUT2D eigenvalue weighted by Gasteiger charge is 2.31. The Kier molecular flexibility index (Phi) is 8.95. The van der Waals surface area contributed by atoms with E-state index in [1.54, 1.807) is 43.5 Å². The van der Waals surface area contributed by atoms with Gasteiger partial charge >= 0.3 is 12.1 Å². The van der Waals surface area contributed by atoms with Crippen LogP contribution in [0.4, 0.5) is 18.9 Å². The number of methoxy groups -OCH3 is 1. The summed E-state index contributed by atoms with van der Waals surface area (Å²) in [5, 5.41) is 20.1. The molecule has 1 saturated heterocycles. The lowest BCUT2D eigenvalue weighted by atomic mass is 10.1. The first kappa shape index (κ1) is 32.5. The number of hydrogen-bond donors (Lipinski definition) is 1. The van der Waals surface area contributed by atoms with Gasteiger partial charge in [-0.25, -0.2) is 4.79 Å². The van der Waals surface area contributed by atoms with Crippen LogP contribution >= 0.6 is 11.8 Å². The minimum Gasteiger partial charge on any atom is -0.497 e. The molecule has 0 aliphatic carbocycles. The van der Waals surface area contributed by atoms with E-state index in [0.717, 1.165) is 76.9 Å². The number of ether oxygens (including phenoxy) is 1. The summed E-state index contributed by atoms with van der Waals surface area (Å²) in [5.41, 5.74) is 2.10. The number of aromatic nitrogens is 4. The molecule has 9 nitrogen and oxygen atoms in total. The SMILES string of the molecule is COc1ccc(N2CCN(Cc3nn(-c4ccc(C(F)(F)F)cc4)nc3CSc3ccc4c(ccn4C(C)(C)C(=O)O)c3)CC2)cc1. The van der Waals surface area contributed by atoms with Crippen LogP contribution in [0.5, 0.6) is 5.75 Å². The number of hydrogen-bond acceptors (Lipinski definition) is 7. The second kappa shape index (κ2) is 13.0. The Morgan fingerprint density at radius 1 is 0.894 bits per heavy atom. The Hall–Kier alpha value is -4.49. The second-order valence-corrected chi connectivity index (χ2v) is 13.0. The number of carboxylic acid groups (broad SMARTS) is 1. The highest BCUT2D eigenvalue weighted by atomic mass is 32.2. The molecule has 3 heterocycles. The number of nitrogens with zero attached hydrogens (tertiary/aromatic N) is 6. The maximum Gasteiger partial charge on any atom is 0.416 e. The van der Waals surface area contributed by atoms with Crippen LogP contribution in [-0.2, 0) is 28.8 Å². The zero-order valence-corrected chi connectivity index (χ0v) is 27.1. The van der Waals surface area contributed by atoms with Crippen molar-refractivity contribution < 1.29 is 27.8 Å². The molecule has 0 amide bonds. The summed E-state index contributed by atoms with van der Waals surface area (Å²) >= 11 is 1.58. The third-order valence-corrected chi connectivity index (χ3v) is 9.54. The average molecular weight is 665 g/mol. The van der Waals surface area contributed by atoms with Crippen molar-refractivity contribution in [2.75, 3.05) is 38.2 Å². The van der Waals surface area contributed by atoms with E-state index < -0.39 is 23.2 Å². The first-order valence-electron chi connectivity index (χ1n) is 15.1. The zero-order valence-electron chi connectivity index (χ0n) is 26.2. The average Bonchev–Trinajstić information content (AvgIpc) is 3.68. The van der Waals surface area contributed by atoms with Crippen molar-refractivity contribution in [1.29, 1.82) is 0 Å². The first-order chi connectivity index (χ1) is 22.4. The number of carbonyl (C=O) groups is 1. The van der Waals surface area contributed by atoms with Gasteiger partial charge in [-0.3, -0.25) is 4.90 Å². The largest absolute Gasteiger partial charge is 0.497 e. The number of thioether (sulfide) groups is 1. The van der Waals surface area contributed by atoms with Crippen LogP contribution in [0.3, 0.4) is 0 Å². The van der Waals surface area contributed by atoms with Crippen LogP contribution in [0.25, 0.3) is 16.6 Å². The summed E-state index contributed by atoms with van der Waals surface area (Å²) in [4.78, 5) is 18.9. The zero-order chi connectivity index (χ0) is 33.3. The number of carboxylic acids is 1. The highest BCUT2D eigenvalue weighted by Crippen LogP contribution is 2.32. The van der Waals surface area contributed by atoms with E-state index in [9.17, 15) is 23.1 Å². The summed E-state index contributed by atoms with van der Waals surface area (Å²) < 4.78 is 46.6. The lowest BCUT2D eigenvalue weighted by Crippen LogP contribution is -2.46. The van der Waals surface area contributed by atoms with Gasteiger partial charge in [-0.15, -0.1) is 11.8 Å². The summed E-state index contributed by atoms with van der Waals surface area (Å²) in [6, 6.07) is 20.7. The van der Waals surface area contributed by atoms with Gasteiger partial charge in [-0.2, -0.15) is 28.2 Å². The van der Waals surface area contributed by atoms with Crippen molar-refractivity contribution in [2.24, 2.45) is 0 Å². The van der Waals surface area contributed by atoms with Crippen LogP contribution in [0.15, 0.2) is 83.9 Å². The van der Waals surface area contributed by atoms with Crippen molar-refractivity contribution in [2.45, 2.75) is 42.8 Å². The Balaban J connectivity index is 1.20. The van der Waals surface area contributed by atoms with Crippen LogP contribution in [0, 0.1) is 0 Å². The van der Waals surface area contributed by atoms with Crippen LogP contribution in [0.2, 0.25) is 0 Å². The molecule has 0 atom stereocenters. The lowest BCUT2D eigenvalue weighted by Gasteiger charge is -2.35. The number of fused-ring (bicyclic) bond motifs is 1. The number of rotatable bonds is 10. The van der Waals surface area contributed by atoms with Crippen molar-refractivity contribution in [3.63, 3.8) is 0 Å². The van der Waals surface area contributed by atoms with Crippen LogP contribution in [0.1, 0.15) is 30.8 Å². The quantitative estimate of drug-likeness (QED) is 0.166. The van der Waals surface area contributed by atoms with Crippen molar-refractivity contribution in [1.82, 2.24) is 24.5 Å². The number of piperazine rings is 1. The van der Waals surface area contributed by atoms with Gasteiger partial charge in [0, 0.05) is 66.2 Å². The maximum absolute atomic E-state index is 13.2. The number of anilines is 1. The van der Waals surface area contributed by atoms with Gasteiger partial charge < -0.3 is 19.3 Å². The number of aliphatic carboxylic acids is 1. The van der Waals surface area contributed by atoms with E-state index in [4.69, 9.17) is 14.9 Å². The molecule has 2 aromatic heterocycles. The molecule has 1 aliphatic heterocycles. The van der Waals surface area contributed by atoms with Gasteiger partial charge in [0.15, 0.2) is 0 Å². The van der Waals surface area contributed by atoms with Crippen LogP contribution < -0.4 is 9.64 Å². The van der Waals surface area contributed by atoms with Gasteiger partial charge in [0.25, 0.3) is 0 Å².